The summed E-state index contributed by atoms with van der Waals surface area (Å²) in [6.45, 7) is 13.8. The van der Waals surface area contributed by atoms with Gasteiger partial charge >= 0.3 is 5.97 Å². The van der Waals surface area contributed by atoms with Gasteiger partial charge in [0.05, 0.1) is 12.5 Å². The first-order valence-electron chi connectivity index (χ1n) is 6.07. The molecule has 0 rings (SSSR count). The van der Waals surface area contributed by atoms with Crippen LogP contribution in [0.3, 0.4) is 0 Å². The maximum Gasteiger partial charge on any atom is 0.309 e. The standard InChI is InChI=1S/C13H27NO2/c1-8-16-12(15)10(2)9-14(7)11(3)13(4,5)6/h10-11H,8-9H2,1-7H3. The highest BCUT2D eigenvalue weighted by Gasteiger charge is 2.26. The molecule has 0 aliphatic heterocycles. The predicted molar refractivity (Wildman–Crippen MR) is 67.3 cm³/mol. The topological polar surface area (TPSA) is 29.5 Å². The SMILES string of the molecule is CCOC(=O)C(C)CN(C)C(C)C(C)(C)C. The van der Waals surface area contributed by atoms with Crippen LogP contribution in [0.15, 0.2) is 0 Å². The fourth-order valence-electron chi connectivity index (χ4n) is 1.61. The van der Waals surface area contributed by atoms with Crippen molar-refractivity contribution >= 4 is 5.97 Å². The van der Waals surface area contributed by atoms with Crippen molar-refractivity contribution in [3.63, 3.8) is 0 Å². The Morgan fingerprint density at radius 1 is 1.31 bits per heavy atom. The van der Waals surface area contributed by atoms with Crippen LogP contribution < -0.4 is 0 Å². The smallest absolute Gasteiger partial charge is 0.309 e. The highest BCUT2D eigenvalue weighted by atomic mass is 16.5. The van der Waals surface area contributed by atoms with Crippen LogP contribution in [0.4, 0.5) is 0 Å². The van der Waals surface area contributed by atoms with Crippen LogP contribution >= 0.6 is 0 Å². The molecule has 0 N–H and O–H groups in total. The molecule has 0 bridgehead atoms. The lowest BCUT2D eigenvalue weighted by atomic mass is 9.87. The van der Waals surface area contributed by atoms with E-state index in [1.165, 1.54) is 0 Å². The number of hydrogen-bond donors (Lipinski definition) is 0. The first-order chi connectivity index (χ1) is 7.20. The van der Waals surface area contributed by atoms with Gasteiger partial charge in [0.15, 0.2) is 0 Å². The summed E-state index contributed by atoms with van der Waals surface area (Å²) in [7, 11) is 2.06. The molecule has 0 aromatic carbocycles. The second kappa shape index (κ2) is 6.24. The Hall–Kier alpha value is -0.570. The molecule has 0 aliphatic carbocycles. The van der Waals surface area contributed by atoms with Crippen LogP contribution in [0, 0.1) is 11.3 Å². The van der Waals surface area contributed by atoms with Gasteiger partial charge in [-0.2, -0.15) is 0 Å². The van der Waals surface area contributed by atoms with Crippen molar-refractivity contribution in [2.24, 2.45) is 11.3 Å². The molecule has 0 saturated heterocycles. The fourth-order valence-corrected chi connectivity index (χ4v) is 1.61. The Morgan fingerprint density at radius 2 is 1.81 bits per heavy atom. The second-order valence-electron chi connectivity index (χ2n) is 5.63. The molecule has 0 radical (unpaired) electrons. The highest BCUT2D eigenvalue weighted by molar-refractivity contribution is 5.72. The second-order valence-corrected chi connectivity index (χ2v) is 5.63. The molecular formula is C13H27NO2. The Balaban J connectivity index is 4.23. The van der Waals surface area contributed by atoms with E-state index < -0.39 is 0 Å². The molecule has 3 heteroatoms. The maximum atomic E-state index is 11.5. The van der Waals surface area contributed by atoms with E-state index in [-0.39, 0.29) is 17.3 Å². The summed E-state index contributed by atoms with van der Waals surface area (Å²) in [5, 5.41) is 0. The lowest BCUT2D eigenvalue weighted by molar-refractivity contribution is -0.148. The first kappa shape index (κ1) is 15.4. The van der Waals surface area contributed by atoms with Gasteiger partial charge < -0.3 is 9.64 Å². The van der Waals surface area contributed by atoms with E-state index in [0.29, 0.717) is 12.6 Å². The van der Waals surface area contributed by atoms with Crippen molar-refractivity contribution in [2.75, 3.05) is 20.2 Å². The largest absolute Gasteiger partial charge is 0.466 e. The van der Waals surface area contributed by atoms with Crippen LogP contribution in [0.1, 0.15) is 41.5 Å². The van der Waals surface area contributed by atoms with Gasteiger partial charge in [-0.25, -0.2) is 0 Å². The van der Waals surface area contributed by atoms with E-state index in [1.54, 1.807) is 0 Å². The summed E-state index contributed by atoms with van der Waals surface area (Å²) in [4.78, 5) is 13.7. The molecule has 96 valence electrons. The Morgan fingerprint density at radius 3 is 2.19 bits per heavy atom. The van der Waals surface area contributed by atoms with E-state index in [0.717, 1.165) is 6.54 Å². The third-order valence-electron chi connectivity index (χ3n) is 3.17. The van der Waals surface area contributed by atoms with Crippen LogP contribution in [0.5, 0.6) is 0 Å². The summed E-state index contributed by atoms with van der Waals surface area (Å²) >= 11 is 0. The van der Waals surface area contributed by atoms with Gasteiger partial charge in [-0.1, -0.05) is 27.7 Å². The lowest BCUT2D eigenvalue weighted by Gasteiger charge is -2.36. The van der Waals surface area contributed by atoms with Gasteiger partial charge in [-0.15, -0.1) is 0 Å². The average Bonchev–Trinajstić information content (AvgIpc) is 2.15. The Labute approximate surface area is 100 Å². The number of esters is 1. The molecule has 0 fully saturated rings. The van der Waals surface area contributed by atoms with E-state index in [2.05, 4.69) is 39.6 Å². The number of ether oxygens (including phenoxy) is 1. The number of hydrogen-bond acceptors (Lipinski definition) is 3. The molecular weight excluding hydrogens is 202 g/mol. The van der Waals surface area contributed by atoms with Crippen molar-refractivity contribution in [1.29, 1.82) is 0 Å². The third kappa shape index (κ3) is 4.97. The van der Waals surface area contributed by atoms with E-state index in [4.69, 9.17) is 4.74 Å². The molecule has 0 saturated carbocycles. The molecule has 0 aromatic rings. The molecule has 3 nitrogen and oxygen atoms in total. The highest BCUT2D eigenvalue weighted by Crippen LogP contribution is 2.23. The average molecular weight is 229 g/mol. The first-order valence-corrected chi connectivity index (χ1v) is 6.07. The Bertz CT molecular complexity index is 220. The zero-order chi connectivity index (χ0) is 12.9. The predicted octanol–water partition coefficient (Wildman–Crippen LogP) is 2.55. The van der Waals surface area contributed by atoms with Gasteiger partial charge in [-0.05, 0) is 26.3 Å². The van der Waals surface area contributed by atoms with Crippen molar-refractivity contribution in [3.05, 3.63) is 0 Å². The quantitative estimate of drug-likeness (QED) is 0.679. The molecule has 16 heavy (non-hydrogen) atoms. The summed E-state index contributed by atoms with van der Waals surface area (Å²) in [6, 6.07) is 0.435. The molecule has 2 atom stereocenters. The number of rotatable bonds is 5. The minimum Gasteiger partial charge on any atom is -0.466 e. The normalized spacial score (nSPS) is 16.0. The van der Waals surface area contributed by atoms with E-state index in [1.807, 2.05) is 13.8 Å². The summed E-state index contributed by atoms with van der Waals surface area (Å²) in [6.07, 6.45) is 0. The van der Waals surface area contributed by atoms with Gasteiger partial charge in [0.1, 0.15) is 0 Å². The minimum atomic E-state index is -0.101. The monoisotopic (exact) mass is 229 g/mol. The van der Waals surface area contributed by atoms with Crippen LogP contribution in [0.2, 0.25) is 0 Å². The van der Waals surface area contributed by atoms with Crippen molar-refractivity contribution in [1.82, 2.24) is 4.90 Å². The van der Waals surface area contributed by atoms with Crippen LogP contribution in [-0.2, 0) is 9.53 Å². The minimum absolute atomic E-state index is 0.0604. The van der Waals surface area contributed by atoms with Gasteiger partial charge in [0.25, 0.3) is 0 Å². The van der Waals surface area contributed by atoms with Gasteiger partial charge in [-0.3, -0.25) is 4.79 Å². The summed E-state index contributed by atoms with van der Waals surface area (Å²) in [5.41, 5.74) is 0.225. The van der Waals surface area contributed by atoms with Crippen LogP contribution in [0.25, 0.3) is 0 Å². The van der Waals surface area contributed by atoms with E-state index >= 15 is 0 Å². The number of nitrogens with zero attached hydrogens (tertiary/aromatic N) is 1. The number of carbonyl (C=O) groups is 1. The molecule has 0 spiro atoms. The van der Waals surface area contributed by atoms with Crippen molar-refractivity contribution < 1.29 is 9.53 Å². The third-order valence-corrected chi connectivity index (χ3v) is 3.17. The van der Waals surface area contributed by atoms with E-state index in [9.17, 15) is 4.79 Å². The number of carbonyl (C=O) groups excluding carboxylic acids is 1. The van der Waals surface area contributed by atoms with Crippen LogP contribution in [-0.4, -0.2) is 37.1 Å². The van der Waals surface area contributed by atoms with Crippen molar-refractivity contribution in [3.8, 4) is 0 Å². The molecule has 0 amide bonds. The zero-order valence-corrected chi connectivity index (χ0v) is 11.8. The van der Waals surface area contributed by atoms with Crippen molar-refractivity contribution in [2.45, 2.75) is 47.6 Å². The summed E-state index contributed by atoms with van der Waals surface area (Å²) in [5.74, 6) is -0.162. The molecule has 2 unspecified atom stereocenters. The zero-order valence-electron chi connectivity index (χ0n) is 11.8. The Kier molecular flexibility index (Phi) is 6.01. The van der Waals surface area contributed by atoms with Gasteiger partial charge in [0.2, 0.25) is 0 Å². The maximum absolute atomic E-state index is 11.5. The molecule has 0 aromatic heterocycles. The summed E-state index contributed by atoms with van der Waals surface area (Å²) < 4.78 is 5.00. The lowest BCUT2D eigenvalue weighted by Crippen LogP contribution is -2.42. The fraction of sp³-hybridized carbons (Fsp3) is 0.923. The molecule has 0 heterocycles. The molecule has 0 aliphatic rings. The van der Waals surface area contributed by atoms with Gasteiger partial charge in [0, 0.05) is 12.6 Å².